The predicted octanol–water partition coefficient (Wildman–Crippen LogP) is 6.25. The fourth-order valence-electron chi connectivity index (χ4n) is 4.04. The Morgan fingerprint density at radius 1 is 1.00 bits per heavy atom. The van der Waals surface area contributed by atoms with Gasteiger partial charge in [0.1, 0.15) is 0 Å². The third-order valence-electron chi connectivity index (χ3n) is 5.68. The maximum atomic E-state index is 12.9. The number of benzene rings is 2. The van der Waals surface area contributed by atoms with Gasteiger partial charge >= 0.3 is 0 Å². The van der Waals surface area contributed by atoms with E-state index in [0.717, 1.165) is 44.3 Å². The molecule has 0 spiro atoms. The number of aromatic amines is 1. The van der Waals surface area contributed by atoms with Crippen molar-refractivity contribution in [3.8, 4) is 0 Å². The van der Waals surface area contributed by atoms with Crippen LogP contribution in [-0.2, 0) is 13.0 Å². The molecular formula is C26H20Cl2N4O. The lowest BCUT2D eigenvalue weighted by molar-refractivity contribution is 0.0951. The quantitative estimate of drug-likeness (QED) is 0.316. The normalized spacial score (nSPS) is 11.2. The summed E-state index contributed by atoms with van der Waals surface area (Å²) in [6.07, 6.45) is 3.91. The van der Waals surface area contributed by atoms with Crippen LogP contribution in [0.5, 0.6) is 0 Å². The first-order valence-electron chi connectivity index (χ1n) is 10.5. The van der Waals surface area contributed by atoms with Crippen LogP contribution < -0.4 is 5.32 Å². The maximum Gasteiger partial charge on any atom is 0.251 e. The highest BCUT2D eigenvalue weighted by Gasteiger charge is 2.12. The van der Waals surface area contributed by atoms with Crippen LogP contribution in [0, 0.1) is 6.92 Å². The van der Waals surface area contributed by atoms with Crippen LogP contribution in [0.15, 0.2) is 67.0 Å². The van der Waals surface area contributed by atoms with Gasteiger partial charge in [0.2, 0.25) is 0 Å². The van der Waals surface area contributed by atoms with Crippen molar-refractivity contribution < 1.29 is 4.79 Å². The Morgan fingerprint density at radius 2 is 1.88 bits per heavy atom. The molecule has 0 unspecified atom stereocenters. The topological polar surface area (TPSA) is 70.7 Å². The third-order valence-corrected chi connectivity index (χ3v) is 6.13. The number of hydrogen-bond donors (Lipinski definition) is 2. The van der Waals surface area contributed by atoms with Gasteiger partial charge in [0, 0.05) is 63.6 Å². The molecule has 0 atom stereocenters. The van der Waals surface area contributed by atoms with E-state index in [1.165, 1.54) is 0 Å². The van der Waals surface area contributed by atoms with Gasteiger partial charge in [0.15, 0.2) is 0 Å². The van der Waals surface area contributed by atoms with Gasteiger partial charge in [-0.2, -0.15) is 0 Å². The summed E-state index contributed by atoms with van der Waals surface area (Å²) in [4.78, 5) is 25.0. The summed E-state index contributed by atoms with van der Waals surface area (Å²) < 4.78 is 0. The molecule has 0 aliphatic carbocycles. The van der Waals surface area contributed by atoms with E-state index in [4.69, 9.17) is 23.2 Å². The molecule has 5 aromatic rings. The first-order valence-corrected chi connectivity index (χ1v) is 11.3. The molecular weight excluding hydrogens is 455 g/mol. The molecule has 3 aromatic heterocycles. The lowest BCUT2D eigenvalue weighted by Crippen LogP contribution is -2.23. The van der Waals surface area contributed by atoms with Crippen LogP contribution in [0.1, 0.15) is 32.9 Å². The summed E-state index contributed by atoms with van der Waals surface area (Å²) in [6, 6.07) is 17.2. The average molecular weight is 475 g/mol. The number of aryl methyl sites for hydroxylation is 1. The number of nitrogens with one attached hydrogen (secondary N) is 2. The minimum Gasteiger partial charge on any atom is -0.358 e. The van der Waals surface area contributed by atoms with Gasteiger partial charge in [-0.3, -0.25) is 14.8 Å². The van der Waals surface area contributed by atoms with Gasteiger partial charge < -0.3 is 10.3 Å². The third kappa shape index (κ3) is 4.56. The number of nitrogens with zero attached hydrogens (tertiary/aromatic N) is 2. The second-order valence-corrected chi connectivity index (χ2v) is 8.87. The van der Waals surface area contributed by atoms with Crippen LogP contribution in [0.3, 0.4) is 0 Å². The largest absolute Gasteiger partial charge is 0.358 e. The summed E-state index contributed by atoms with van der Waals surface area (Å²) in [5.41, 5.74) is 6.38. The average Bonchev–Trinajstić information content (AvgIpc) is 3.11. The highest BCUT2D eigenvalue weighted by Crippen LogP contribution is 2.25. The second kappa shape index (κ2) is 8.85. The Hall–Kier alpha value is -3.41. The minimum atomic E-state index is -0.149. The van der Waals surface area contributed by atoms with E-state index < -0.39 is 0 Å². The number of rotatable bonds is 5. The van der Waals surface area contributed by atoms with Crippen LogP contribution in [-0.4, -0.2) is 20.9 Å². The second-order valence-electron chi connectivity index (χ2n) is 7.99. The summed E-state index contributed by atoms with van der Waals surface area (Å²) in [5, 5.41) is 6.28. The molecule has 7 heteroatoms. The number of carbonyl (C=O) groups excluding carboxylic acids is 1. The Kier molecular flexibility index (Phi) is 5.75. The van der Waals surface area contributed by atoms with Crippen LogP contribution in [0.4, 0.5) is 0 Å². The summed E-state index contributed by atoms with van der Waals surface area (Å²) >= 11 is 12.2. The number of carbonyl (C=O) groups is 1. The van der Waals surface area contributed by atoms with Crippen molar-refractivity contribution in [2.24, 2.45) is 0 Å². The van der Waals surface area contributed by atoms with Crippen LogP contribution in [0.2, 0.25) is 10.0 Å². The molecule has 0 saturated heterocycles. The van der Waals surface area contributed by atoms with Gasteiger partial charge in [-0.25, -0.2) is 0 Å². The van der Waals surface area contributed by atoms with Crippen LogP contribution in [0.25, 0.3) is 21.8 Å². The maximum absolute atomic E-state index is 12.9. The highest BCUT2D eigenvalue weighted by molar-refractivity contribution is 6.31. The van der Waals surface area contributed by atoms with E-state index in [0.29, 0.717) is 28.6 Å². The van der Waals surface area contributed by atoms with Crippen molar-refractivity contribution in [3.05, 3.63) is 105 Å². The molecule has 0 radical (unpaired) electrons. The Balaban J connectivity index is 1.32. The number of hydrogen-bond acceptors (Lipinski definition) is 3. The van der Waals surface area contributed by atoms with Crippen molar-refractivity contribution in [1.82, 2.24) is 20.3 Å². The van der Waals surface area contributed by atoms with Gasteiger partial charge in [-0.15, -0.1) is 0 Å². The summed E-state index contributed by atoms with van der Waals surface area (Å²) in [7, 11) is 0. The Morgan fingerprint density at radius 3 is 2.76 bits per heavy atom. The summed E-state index contributed by atoms with van der Waals surface area (Å²) in [6.45, 7) is 2.40. The first kappa shape index (κ1) is 21.4. The Bertz CT molecular complexity index is 1510. The zero-order valence-corrected chi connectivity index (χ0v) is 19.3. The van der Waals surface area contributed by atoms with E-state index in [1.807, 2.05) is 55.5 Å². The van der Waals surface area contributed by atoms with E-state index in [-0.39, 0.29) is 5.91 Å². The van der Waals surface area contributed by atoms with Crippen LogP contribution >= 0.6 is 23.2 Å². The molecule has 0 aliphatic rings. The molecule has 5 rings (SSSR count). The predicted molar refractivity (Wildman–Crippen MR) is 133 cm³/mol. The Labute approximate surface area is 200 Å². The molecule has 2 N–H and O–H groups in total. The molecule has 0 fully saturated rings. The standard InChI is InChI=1S/C26H20Cl2N4O/c1-15-23(22-12-19(27)3-5-25(22)32-15)14-31-26(33)17-6-7-29-21(11-17)9-16-2-4-24-18(8-16)10-20(28)13-30-24/h2-8,10-13,32H,9,14H2,1H3,(H,31,33). The SMILES string of the molecule is Cc1[nH]c2ccc(Cl)cc2c1CNC(=O)c1ccnc(Cc2ccc3ncc(Cl)cc3c2)c1. The fourth-order valence-corrected chi connectivity index (χ4v) is 4.38. The lowest BCUT2D eigenvalue weighted by atomic mass is 10.0. The van der Waals surface area contributed by atoms with E-state index in [2.05, 4.69) is 20.3 Å². The fraction of sp³-hybridized carbons (Fsp3) is 0.115. The molecule has 0 saturated carbocycles. The van der Waals surface area contributed by atoms with E-state index in [1.54, 1.807) is 18.5 Å². The van der Waals surface area contributed by atoms with Gasteiger partial charge in [-0.05, 0) is 66.6 Å². The van der Waals surface area contributed by atoms with E-state index >= 15 is 0 Å². The van der Waals surface area contributed by atoms with Crippen molar-refractivity contribution >= 4 is 50.9 Å². The molecule has 0 bridgehead atoms. The first-order chi connectivity index (χ1) is 16.0. The molecule has 164 valence electrons. The molecule has 3 heterocycles. The van der Waals surface area contributed by atoms with Gasteiger partial charge in [0.25, 0.3) is 5.91 Å². The molecule has 5 nitrogen and oxygen atoms in total. The molecule has 0 aliphatic heterocycles. The zero-order valence-electron chi connectivity index (χ0n) is 17.8. The van der Waals surface area contributed by atoms with Crippen molar-refractivity contribution in [1.29, 1.82) is 0 Å². The number of pyridine rings is 2. The number of H-pyrrole nitrogens is 1. The highest BCUT2D eigenvalue weighted by atomic mass is 35.5. The zero-order chi connectivity index (χ0) is 22.9. The van der Waals surface area contributed by atoms with Gasteiger partial charge in [-0.1, -0.05) is 29.3 Å². The number of halogens is 2. The number of amides is 1. The lowest BCUT2D eigenvalue weighted by Gasteiger charge is -2.08. The minimum absolute atomic E-state index is 0.149. The molecule has 33 heavy (non-hydrogen) atoms. The molecule has 2 aromatic carbocycles. The van der Waals surface area contributed by atoms with Crippen molar-refractivity contribution in [3.63, 3.8) is 0 Å². The number of aromatic nitrogens is 3. The van der Waals surface area contributed by atoms with Crippen molar-refractivity contribution in [2.75, 3.05) is 0 Å². The molecule has 1 amide bonds. The number of fused-ring (bicyclic) bond motifs is 2. The van der Waals surface area contributed by atoms with E-state index in [9.17, 15) is 4.79 Å². The van der Waals surface area contributed by atoms with Crippen molar-refractivity contribution in [2.45, 2.75) is 19.9 Å². The summed E-state index contributed by atoms with van der Waals surface area (Å²) in [5.74, 6) is -0.149. The van der Waals surface area contributed by atoms with Gasteiger partial charge in [0.05, 0.1) is 10.5 Å². The smallest absolute Gasteiger partial charge is 0.251 e. The monoisotopic (exact) mass is 474 g/mol.